The molecule has 0 aromatic carbocycles. The molecular formula is C11H19FeNO8. The van der Waals surface area contributed by atoms with Gasteiger partial charge < -0.3 is 44.4 Å². The summed E-state index contributed by atoms with van der Waals surface area (Å²) in [6, 6.07) is 0. The molecule has 0 saturated carbocycles. The van der Waals surface area contributed by atoms with Crippen molar-refractivity contribution in [2.24, 2.45) is 0 Å². The van der Waals surface area contributed by atoms with Gasteiger partial charge in [-0.05, 0) is 0 Å². The molecule has 0 amide bonds. The zero-order valence-corrected chi connectivity index (χ0v) is 13.1. The van der Waals surface area contributed by atoms with Crippen molar-refractivity contribution < 1.29 is 61.5 Å². The number of carboxylic acids is 3. The van der Waals surface area contributed by atoms with Crippen molar-refractivity contribution in [3.8, 4) is 0 Å². The van der Waals surface area contributed by atoms with Gasteiger partial charge in [-0.15, -0.1) is 0 Å². The van der Waals surface area contributed by atoms with Gasteiger partial charge in [-0.3, -0.25) is 0 Å². The van der Waals surface area contributed by atoms with E-state index in [1.807, 2.05) is 0 Å². The summed E-state index contributed by atoms with van der Waals surface area (Å²) >= 11 is 0. The predicted molar refractivity (Wildman–Crippen MR) is 59.2 cm³/mol. The van der Waals surface area contributed by atoms with Gasteiger partial charge >= 0.3 is 17.1 Å². The molecule has 0 aliphatic heterocycles. The largest absolute Gasteiger partial charge is 2.00 e. The Kier molecular flexibility index (Phi) is 12.4. The van der Waals surface area contributed by atoms with Crippen molar-refractivity contribution >= 4 is 17.9 Å². The molecule has 0 bridgehead atoms. The van der Waals surface area contributed by atoms with Crippen molar-refractivity contribution in [1.29, 1.82) is 0 Å². The van der Waals surface area contributed by atoms with Crippen LogP contribution in [0.2, 0.25) is 0 Å². The summed E-state index contributed by atoms with van der Waals surface area (Å²) in [5.41, 5.74) is -2.97. The van der Waals surface area contributed by atoms with Gasteiger partial charge in [0.2, 0.25) is 0 Å². The van der Waals surface area contributed by atoms with E-state index in [1.165, 1.54) is 0 Å². The van der Waals surface area contributed by atoms with Crippen LogP contribution in [-0.2, 0) is 31.5 Å². The molecule has 124 valence electrons. The van der Waals surface area contributed by atoms with Crippen LogP contribution in [0.25, 0.3) is 0 Å². The zero-order valence-electron chi connectivity index (χ0n) is 12.0. The first-order valence-electron chi connectivity index (χ1n) is 5.59. The van der Waals surface area contributed by atoms with Crippen molar-refractivity contribution in [2.45, 2.75) is 18.4 Å². The molecule has 0 aromatic heterocycles. The Bertz CT molecular complexity index is 337. The quantitative estimate of drug-likeness (QED) is 0.340. The third-order valence-electron chi connectivity index (χ3n) is 2.02. The topological polar surface area (TPSA) is 161 Å². The van der Waals surface area contributed by atoms with Crippen LogP contribution in [-0.4, -0.2) is 72.5 Å². The molecule has 0 aliphatic carbocycles. The van der Waals surface area contributed by atoms with Crippen LogP contribution >= 0.6 is 0 Å². The van der Waals surface area contributed by atoms with E-state index in [4.69, 9.17) is 10.2 Å². The minimum absolute atomic E-state index is 0. The van der Waals surface area contributed by atoms with Gasteiger partial charge in [0.15, 0.2) is 0 Å². The fourth-order valence-corrected chi connectivity index (χ4v) is 0.984. The van der Waals surface area contributed by atoms with Gasteiger partial charge in [0.05, 0.1) is 33.7 Å². The van der Waals surface area contributed by atoms with E-state index in [0.717, 1.165) is 11.0 Å². The summed E-state index contributed by atoms with van der Waals surface area (Å²) in [5, 5.41) is 47.3. The Morgan fingerprint density at radius 1 is 1.00 bits per heavy atom. The van der Waals surface area contributed by atoms with Crippen molar-refractivity contribution in [1.82, 2.24) is 0 Å². The summed E-state index contributed by atoms with van der Waals surface area (Å²) in [7, 11) is 6.16. The van der Waals surface area contributed by atoms with E-state index in [1.54, 1.807) is 0 Å². The second kappa shape index (κ2) is 10.5. The number of carbonyl (C=O) groups is 3. The average molecular weight is 349 g/mol. The molecule has 0 radical (unpaired) electrons. The summed E-state index contributed by atoms with van der Waals surface area (Å²) in [5.74, 6) is -5.98. The fraction of sp³-hybridized carbons (Fsp3) is 0.727. The first kappa shape index (κ1) is 24.8. The van der Waals surface area contributed by atoms with E-state index in [0.29, 0.717) is 0 Å². The van der Waals surface area contributed by atoms with Gasteiger partial charge in [0.25, 0.3) is 0 Å². The molecule has 21 heavy (non-hydrogen) atoms. The van der Waals surface area contributed by atoms with Crippen LogP contribution in [0.1, 0.15) is 12.8 Å². The minimum atomic E-state index is -2.97. The Morgan fingerprint density at radius 2 is 1.33 bits per heavy atom. The molecule has 10 heteroatoms. The van der Waals surface area contributed by atoms with E-state index < -0.39 is 36.4 Å². The summed E-state index contributed by atoms with van der Waals surface area (Å²) in [6.45, 7) is 1.11. The molecule has 0 heterocycles. The average Bonchev–Trinajstić information content (AvgIpc) is 2.12. The predicted octanol–water partition coefficient (Wildman–Crippen LogP) is -5.57. The zero-order chi connectivity index (χ0) is 16.6. The van der Waals surface area contributed by atoms with Gasteiger partial charge in [0, 0.05) is 24.8 Å². The van der Waals surface area contributed by atoms with Crippen molar-refractivity contribution in [3.05, 3.63) is 0 Å². The molecule has 0 unspecified atom stereocenters. The molecule has 2 N–H and O–H groups in total. The minimum Gasteiger partial charge on any atom is -0.550 e. The molecule has 0 aliphatic rings. The molecule has 0 rings (SSSR count). The van der Waals surface area contributed by atoms with Crippen molar-refractivity contribution in [2.75, 3.05) is 34.3 Å². The Hall–Kier alpha value is -1.19. The Morgan fingerprint density at radius 3 is 1.43 bits per heavy atom. The van der Waals surface area contributed by atoms with Gasteiger partial charge in [-0.2, -0.15) is 0 Å². The second-order valence-corrected chi connectivity index (χ2v) is 5.15. The number of likely N-dealkylation sites (N-methyl/N-ethyl adjacent to an activating group) is 1. The number of hydrogen-bond donors (Lipinski definition) is 2. The Balaban J connectivity index is -0.000000347. The maximum absolute atomic E-state index is 10.1. The normalized spacial score (nSPS) is 10.7. The molecule has 0 fully saturated rings. The third-order valence-corrected chi connectivity index (χ3v) is 2.02. The van der Waals surface area contributed by atoms with Crippen molar-refractivity contribution in [3.63, 3.8) is 0 Å². The van der Waals surface area contributed by atoms with Crippen LogP contribution in [0.4, 0.5) is 0 Å². The smallest absolute Gasteiger partial charge is 0.550 e. The number of quaternary nitrogens is 1. The van der Waals surface area contributed by atoms with E-state index in [2.05, 4.69) is 21.1 Å². The fourth-order valence-electron chi connectivity index (χ4n) is 0.984. The van der Waals surface area contributed by atoms with E-state index in [-0.39, 0.29) is 23.7 Å². The van der Waals surface area contributed by atoms with Crippen LogP contribution in [0.5, 0.6) is 0 Å². The standard InChI is InChI=1S/C6H8O7.C5H14NO.Fe/c7-3(8)1-6(13,5(11)12)2-4(9)10;1-6(2,3)4-5-7;/h13H,1-2H2,(H,7,8)(H,9,10)(H,11,12);7H,4-5H2,1-3H3;/q;+1;+2/p-3. The number of aliphatic hydroxyl groups excluding tert-OH is 1. The van der Waals surface area contributed by atoms with Gasteiger partial charge in [-0.1, -0.05) is 0 Å². The number of carbonyl (C=O) groups excluding carboxylic acids is 3. The second-order valence-electron chi connectivity index (χ2n) is 5.15. The number of hydrogen-bond acceptors (Lipinski definition) is 8. The number of nitrogens with zero attached hydrogens (tertiary/aromatic N) is 1. The number of rotatable bonds is 7. The first-order chi connectivity index (χ1) is 8.84. The molecule has 0 saturated heterocycles. The van der Waals surface area contributed by atoms with E-state index >= 15 is 0 Å². The SMILES string of the molecule is C[N+](C)(C)CCO.O=C([O-])CC(O)(CC(=O)[O-])C(=O)[O-].[Fe+2]. The molecule has 9 nitrogen and oxygen atoms in total. The maximum atomic E-state index is 10.1. The number of aliphatic carboxylic acids is 3. The first-order valence-corrected chi connectivity index (χ1v) is 5.59. The maximum Gasteiger partial charge on any atom is 2.00 e. The van der Waals surface area contributed by atoms with Crippen LogP contribution in [0, 0.1) is 0 Å². The number of carboxylic acid groups (broad SMARTS) is 3. The van der Waals surface area contributed by atoms with Crippen LogP contribution in [0.15, 0.2) is 0 Å². The Labute approximate surface area is 132 Å². The monoisotopic (exact) mass is 349 g/mol. The number of aliphatic hydroxyl groups is 2. The molecule has 0 spiro atoms. The van der Waals surface area contributed by atoms with E-state index in [9.17, 15) is 29.7 Å². The molecule has 0 aromatic rings. The summed E-state index contributed by atoms with van der Waals surface area (Å²) < 4.78 is 0.844. The van der Waals surface area contributed by atoms with Gasteiger partial charge in [0.1, 0.15) is 12.1 Å². The third kappa shape index (κ3) is 15.0. The van der Waals surface area contributed by atoms with Crippen LogP contribution in [0.3, 0.4) is 0 Å². The molecule has 0 atom stereocenters. The summed E-state index contributed by atoms with van der Waals surface area (Å²) in [6.07, 6.45) is -2.72. The van der Waals surface area contributed by atoms with Gasteiger partial charge in [-0.25, -0.2) is 0 Å². The van der Waals surface area contributed by atoms with Crippen LogP contribution < -0.4 is 15.3 Å². The molecular weight excluding hydrogens is 330 g/mol. The summed E-state index contributed by atoms with van der Waals surface area (Å²) in [4.78, 5) is 30.0.